The second kappa shape index (κ2) is 1.90. The van der Waals surface area contributed by atoms with Crippen LogP contribution in [0, 0.1) is 0 Å². The van der Waals surface area contributed by atoms with Gasteiger partial charge in [-0.3, -0.25) is 0 Å². The average molecular weight is 109 g/mol. The van der Waals surface area contributed by atoms with Crippen molar-refractivity contribution >= 4 is 0 Å². The van der Waals surface area contributed by atoms with Gasteiger partial charge in [0.05, 0.1) is 0 Å². The van der Waals surface area contributed by atoms with Gasteiger partial charge >= 0.3 is 0 Å². The molecule has 0 unspecified atom stereocenters. The van der Waals surface area contributed by atoms with Crippen LogP contribution in [0.3, 0.4) is 0 Å². The molecule has 0 atom stereocenters. The van der Waals surface area contributed by atoms with E-state index in [2.05, 4.69) is 10.9 Å². The third-order valence-corrected chi connectivity index (χ3v) is 0.983. The number of nitrogens with one attached hydrogen (secondary N) is 1. The minimum Gasteiger partial charge on any atom is -0.601 e. The molecule has 0 aromatic carbocycles. The van der Waals surface area contributed by atoms with Crippen molar-refractivity contribution in [2.45, 2.75) is 13.8 Å². The first-order valence-electron chi connectivity index (χ1n) is 2.61. The summed E-state index contributed by atoms with van der Waals surface area (Å²) in [5, 5.41) is 0. The van der Waals surface area contributed by atoms with Gasteiger partial charge in [-0.05, 0) is 18.7 Å². The molecule has 0 spiro atoms. The van der Waals surface area contributed by atoms with Gasteiger partial charge in [0.2, 0.25) is 0 Å². The molecule has 1 N–H and O–H groups in total. The van der Waals surface area contributed by atoms with Crippen LogP contribution in [-0.4, -0.2) is 0 Å². The molecule has 1 rings (SSSR count). The van der Waals surface area contributed by atoms with E-state index in [1.165, 1.54) is 0 Å². The van der Waals surface area contributed by atoms with E-state index < -0.39 is 0 Å². The lowest BCUT2D eigenvalue weighted by atomic mass is 10.3. The summed E-state index contributed by atoms with van der Waals surface area (Å²) in [5.41, 5.74) is 8.92. The summed E-state index contributed by atoms with van der Waals surface area (Å²) < 4.78 is 0. The van der Waals surface area contributed by atoms with Gasteiger partial charge in [-0.25, -0.2) is 0 Å². The fourth-order valence-corrected chi connectivity index (χ4v) is 0.496. The maximum absolute atomic E-state index is 3.95. The largest absolute Gasteiger partial charge is 0.601 e. The van der Waals surface area contributed by atoms with Crippen molar-refractivity contribution in [2.75, 3.05) is 0 Å². The first-order valence-corrected chi connectivity index (χ1v) is 2.61. The van der Waals surface area contributed by atoms with Crippen LogP contribution in [0.2, 0.25) is 0 Å². The Morgan fingerprint density at radius 2 is 2.12 bits per heavy atom. The highest BCUT2D eigenvalue weighted by atomic mass is 15.4. The molecule has 0 saturated heterocycles. The van der Waals surface area contributed by atoms with Gasteiger partial charge in [-0.1, -0.05) is 13.0 Å². The van der Waals surface area contributed by atoms with Crippen LogP contribution in [0.15, 0.2) is 23.5 Å². The monoisotopic (exact) mass is 109 g/mol. The number of hydrogen-bond acceptors (Lipinski definition) is 1. The minimum absolute atomic E-state index is 1.02. The van der Waals surface area contributed by atoms with Crippen LogP contribution in [0.4, 0.5) is 0 Å². The summed E-state index contributed by atoms with van der Waals surface area (Å²) in [6, 6.07) is 0. The van der Waals surface area contributed by atoms with Gasteiger partial charge in [-0.2, -0.15) is 5.70 Å². The summed E-state index contributed by atoms with van der Waals surface area (Å²) in [6.45, 7) is 3.93. The van der Waals surface area contributed by atoms with Crippen molar-refractivity contribution in [3.8, 4) is 0 Å². The van der Waals surface area contributed by atoms with Crippen molar-refractivity contribution in [3.63, 3.8) is 0 Å². The lowest BCUT2D eigenvalue weighted by Gasteiger charge is -2.28. The van der Waals surface area contributed by atoms with Crippen LogP contribution < -0.4 is 5.43 Å². The molecular weight excluding hydrogens is 100 g/mol. The second-order valence-electron chi connectivity index (χ2n) is 1.88. The van der Waals surface area contributed by atoms with Gasteiger partial charge in [0.15, 0.2) is 0 Å². The zero-order valence-electron chi connectivity index (χ0n) is 5.10. The number of rotatable bonds is 0. The van der Waals surface area contributed by atoms with Gasteiger partial charge in [0.1, 0.15) is 0 Å². The number of nitrogens with zero attached hydrogens (tertiary/aromatic N) is 1. The Morgan fingerprint density at radius 1 is 1.38 bits per heavy atom. The highest BCUT2D eigenvalue weighted by Gasteiger charge is 1.81. The first-order chi connectivity index (χ1) is 3.79. The fraction of sp³-hybridized carbons (Fsp3) is 0.333. The van der Waals surface area contributed by atoms with Crippen LogP contribution >= 0.6 is 0 Å². The van der Waals surface area contributed by atoms with E-state index in [1.54, 1.807) is 0 Å². The Labute approximate surface area is 49.2 Å². The zero-order chi connectivity index (χ0) is 5.98. The van der Waals surface area contributed by atoms with E-state index in [-0.39, 0.29) is 0 Å². The Balaban J connectivity index is 2.65. The summed E-state index contributed by atoms with van der Waals surface area (Å²) in [5.74, 6) is 0. The van der Waals surface area contributed by atoms with Gasteiger partial charge < -0.3 is 10.9 Å². The maximum atomic E-state index is 3.95. The zero-order valence-corrected chi connectivity index (χ0v) is 5.10. The molecule has 0 amide bonds. The van der Waals surface area contributed by atoms with Crippen LogP contribution in [-0.2, 0) is 0 Å². The van der Waals surface area contributed by atoms with E-state index >= 15 is 0 Å². The molecule has 1 heterocycles. The van der Waals surface area contributed by atoms with Crippen LogP contribution in [0.25, 0.3) is 5.43 Å². The van der Waals surface area contributed by atoms with Gasteiger partial charge in [-0.15, -0.1) is 0 Å². The van der Waals surface area contributed by atoms with Crippen molar-refractivity contribution in [2.24, 2.45) is 0 Å². The topological polar surface area (TPSA) is 26.1 Å². The summed E-state index contributed by atoms with van der Waals surface area (Å²) in [4.78, 5) is 0. The summed E-state index contributed by atoms with van der Waals surface area (Å²) in [6.07, 6.45) is 3.98. The normalized spacial score (nSPS) is 17.8. The Morgan fingerprint density at radius 3 is 2.50 bits per heavy atom. The van der Waals surface area contributed by atoms with E-state index in [9.17, 15) is 0 Å². The third-order valence-electron chi connectivity index (χ3n) is 0.983. The molecule has 1 aliphatic heterocycles. The van der Waals surface area contributed by atoms with Gasteiger partial charge in [0.25, 0.3) is 0 Å². The van der Waals surface area contributed by atoms with Crippen molar-refractivity contribution in [3.05, 3.63) is 29.0 Å². The molecule has 0 aromatic heterocycles. The molecule has 0 bridgehead atoms. The molecule has 0 fully saturated rings. The molecule has 2 heteroatoms. The first kappa shape index (κ1) is 5.22. The van der Waals surface area contributed by atoms with Crippen LogP contribution in [0.1, 0.15) is 13.8 Å². The van der Waals surface area contributed by atoms with E-state index in [0.717, 1.165) is 11.4 Å². The predicted octanol–water partition coefficient (Wildman–Crippen LogP) is 1.69. The average Bonchev–Trinajstić information content (AvgIpc) is 1.77. The molecule has 0 aromatic rings. The molecule has 1 aliphatic rings. The third kappa shape index (κ3) is 1.03. The quantitative estimate of drug-likeness (QED) is 0.503. The van der Waals surface area contributed by atoms with E-state index in [0.29, 0.717) is 0 Å². The van der Waals surface area contributed by atoms with E-state index in [1.807, 2.05) is 26.0 Å². The molecule has 44 valence electrons. The molecule has 0 aliphatic carbocycles. The molecule has 2 nitrogen and oxygen atoms in total. The van der Waals surface area contributed by atoms with Gasteiger partial charge in [0, 0.05) is 0 Å². The highest BCUT2D eigenvalue weighted by molar-refractivity contribution is 5.27. The molecule has 0 saturated carbocycles. The summed E-state index contributed by atoms with van der Waals surface area (Å²) >= 11 is 0. The Bertz CT molecular complexity index is 127. The minimum atomic E-state index is 1.02. The summed E-state index contributed by atoms with van der Waals surface area (Å²) in [7, 11) is 0. The molecule has 8 heavy (non-hydrogen) atoms. The smallest absolute Gasteiger partial charge is 0.00588 e. The maximum Gasteiger partial charge on any atom is -0.00588 e. The predicted molar refractivity (Wildman–Crippen MR) is 34.0 cm³/mol. The second-order valence-corrected chi connectivity index (χ2v) is 1.88. The van der Waals surface area contributed by atoms with Crippen LogP contribution in [0.5, 0.6) is 0 Å². The highest BCUT2D eigenvalue weighted by Crippen LogP contribution is 2.07. The molecule has 0 radical (unpaired) electrons. The SMILES string of the molecule is CC1=CC=C(C)N[N-]1. The number of allylic oxidation sites excluding steroid dienone is 4. The Kier molecular flexibility index (Phi) is 1.24. The standard InChI is InChI=1S/C6H9N2/c1-5-3-4-6(2)8-7-5/h3-4,7H,1-2H3/q-1. The van der Waals surface area contributed by atoms with Crippen molar-refractivity contribution in [1.29, 1.82) is 0 Å². The lowest BCUT2D eigenvalue weighted by Crippen LogP contribution is -2.06. The number of hydrogen-bond donors (Lipinski definition) is 1. The lowest BCUT2D eigenvalue weighted by molar-refractivity contribution is 0.971. The molecular formula is C6H9N2-. The Hall–Kier alpha value is -0.920. The van der Waals surface area contributed by atoms with Crippen molar-refractivity contribution < 1.29 is 0 Å². The van der Waals surface area contributed by atoms with E-state index in [4.69, 9.17) is 0 Å². The van der Waals surface area contributed by atoms with Crippen molar-refractivity contribution in [1.82, 2.24) is 5.43 Å². The fourth-order valence-electron chi connectivity index (χ4n) is 0.496.